The van der Waals surface area contributed by atoms with E-state index in [1.165, 1.54) is 0 Å². The normalized spacial score (nSPS) is 15.5. The third-order valence-electron chi connectivity index (χ3n) is 5.63. The maximum Gasteiger partial charge on any atom is 0.304 e. The Morgan fingerprint density at radius 2 is 1.91 bits per heavy atom. The average Bonchev–Trinajstić information content (AvgIpc) is 2.82. The molecular weight excluding hydrogens is 400 g/mol. The number of aryl methyl sites for hydroxylation is 1. The second-order valence-electron chi connectivity index (χ2n) is 7.90. The highest BCUT2D eigenvalue weighted by molar-refractivity contribution is 5.69. The second-order valence-corrected chi connectivity index (χ2v) is 7.90. The molecule has 2 atom stereocenters. The summed E-state index contributed by atoms with van der Waals surface area (Å²) in [4.78, 5) is 11.2. The van der Waals surface area contributed by atoms with Gasteiger partial charge in [0.2, 0.25) is 0 Å². The number of fused-ring (bicyclic) bond motifs is 1. The molecule has 4 rings (SSSR count). The van der Waals surface area contributed by atoms with E-state index in [1.54, 1.807) is 6.92 Å². The third-order valence-corrected chi connectivity index (χ3v) is 5.63. The number of hydrogen-bond acceptors (Lipinski definition) is 3. The topological polar surface area (TPSA) is 55.8 Å². The summed E-state index contributed by atoms with van der Waals surface area (Å²) in [6.07, 6.45) is 1.73. The molecule has 0 aromatic heterocycles. The quantitative estimate of drug-likeness (QED) is 0.477. The van der Waals surface area contributed by atoms with Gasteiger partial charge in [-0.25, -0.2) is 0 Å². The Bertz CT molecular complexity index is 1120. The minimum atomic E-state index is -0.844. The predicted octanol–water partition coefficient (Wildman–Crippen LogP) is 5.91. The van der Waals surface area contributed by atoms with E-state index in [2.05, 4.69) is 24.0 Å². The van der Waals surface area contributed by atoms with Gasteiger partial charge in [0, 0.05) is 0 Å². The van der Waals surface area contributed by atoms with Gasteiger partial charge in [0.15, 0.2) is 0 Å². The van der Waals surface area contributed by atoms with Gasteiger partial charge in [-0.2, -0.15) is 0 Å². The Hall–Kier alpha value is -3.71. The maximum absolute atomic E-state index is 11.2. The Labute approximate surface area is 188 Å². The Kier molecular flexibility index (Phi) is 6.77. The van der Waals surface area contributed by atoms with Crippen LogP contribution in [-0.4, -0.2) is 11.1 Å². The minimum absolute atomic E-state index is 0.00179. The van der Waals surface area contributed by atoms with Crippen molar-refractivity contribution in [3.05, 3.63) is 95.1 Å². The zero-order chi connectivity index (χ0) is 22.3. The summed E-state index contributed by atoms with van der Waals surface area (Å²) < 4.78 is 12.1. The van der Waals surface area contributed by atoms with E-state index in [1.807, 2.05) is 60.7 Å². The Morgan fingerprint density at radius 1 is 1.12 bits per heavy atom. The first-order valence-corrected chi connectivity index (χ1v) is 10.8. The summed E-state index contributed by atoms with van der Waals surface area (Å²) in [5.41, 5.74) is 4.29. The first-order chi connectivity index (χ1) is 15.6. The van der Waals surface area contributed by atoms with Crippen LogP contribution in [-0.2, 0) is 17.8 Å². The van der Waals surface area contributed by atoms with E-state index in [0.29, 0.717) is 6.61 Å². The minimum Gasteiger partial charge on any atom is -0.489 e. The summed E-state index contributed by atoms with van der Waals surface area (Å²) in [6.45, 7) is 2.28. The zero-order valence-corrected chi connectivity index (χ0v) is 18.1. The molecule has 1 unspecified atom stereocenters. The summed E-state index contributed by atoms with van der Waals surface area (Å²) >= 11 is 0. The first kappa shape index (κ1) is 21.5. The molecule has 0 bridgehead atoms. The molecule has 4 heteroatoms. The van der Waals surface area contributed by atoms with Crippen molar-refractivity contribution in [2.75, 3.05) is 0 Å². The number of benzene rings is 3. The van der Waals surface area contributed by atoms with Gasteiger partial charge in [-0.3, -0.25) is 4.79 Å². The monoisotopic (exact) mass is 426 g/mol. The molecule has 4 nitrogen and oxygen atoms in total. The van der Waals surface area contributed by atoms with E-state index < -0.39 is 5.97 Å². The van der Waals surface area contributed by atoms with Crippen molar-refractivity contribution in [3.8, 4) is 23.3 Å². The molecule has 0 fully saturated rings. The number of rotatable bonds is 7. The van der Waals surface area contributed by atoms with Gasteiger partial charge in [-0.05, 0) is 60.2 Å². The number of aliphatic carboxylic acids is 1. The van der Waals surface area contributed by atoms with E-state index >= 15 is 0 Å². The molecule has 1 heterocycles. The van der Waals surface area contributed by atoms with Crippen LogP contribution in [0.5, 0.6) is 11.5 Å². The van der Waals surface area contributed by atoms with Crippen LogP contribution >= 0.6 is 0 Å². The lowest BCUT2D eigenvalue weighted by Crippen LogP contribution is -2.16. The van der Waals surface area contributed by atoms with Crippen molar-refractivity contribution in [2.24, 2.45) is 0 Å². The van der Waals surface area contributed by atoms with Gasteiger partial charge in [0.25, 0.3) is 0 Å². The molecule has 0 spiro atoms. The van der Waals surface area contributed by atoms with Crippen molar-refractivity contribution in [2.45, 2.75) is 44.8 Å². The molecule has 32 heavy (non-hydrogen) atoms. The standard InChI is InChI=1S/C28H26O4/c1-2-6-22(18-28(29)30)23-11-15-27-24(17-23)12-16-26(32-27)21-9-13-25(14-10-21)31-19-20-7-4-3-5-8-20/h3-5,7-11,13-15,17,22,26H,12,16,18-19H2,1H3,(H,29,30)/t22-,26?/m0/s1. The molecule has 162 valence electrons. The number of ether oxygens (including phenoxy) is 2. The van der Waals surface area contributed by atoms with Crippen LogP contribution in [0.4, 0.5) is 0 Å². The molecular formula is C28H26O4. The highest BCUT2D eigenvalue weighted by atomic mass is 16.5. The average molecular weight is 427 g/mol. The number of carbonyl (C=O) groups is 1. The maximum atomic E-state index is 11.2. The van der Waals surface area contributed by atoms with Crippen LogP contribution in [0.25, 0.3) is 0 Å². The molecule has 0 amide bonds. The van der Waals surface area contributed by atoms with Crippen LogP contribution in [0, 0.1) is 11.8 Å². The van der Waals surface area contributed by atoms with Gasteiger partial charge in [-0.1, -0.05) is 60.5 Å². The van der Waals surface area contributed by atoms with Gasteiger partial charge in [0.1, 0.15) is 24.2 Å². The van der Waals surface area contributed by atoms with Gasteiger partial charge in [-0.15, -0.1) is 5.92 Å². The van der Waals surface area contributed by atoms with E-state index in [0.717, 1.165) is 46.6 Å². The fourth-order valence-corrected chi connectivity index (χ4v) is 3.98. The van der Waals surface area contributed by atoms with Crippen LogP contribution in [0.1, 0.15) is 54.0 Å². The molecule has 1 aliphatic rings. The van der Waals surface area contributed by atoms with E-state index in [9.17, 15) is 9.90 Å². The molecule has 3 aromatic carbocycles. The number of carboxylic acids is 1. The summed E-state index contributed by atoms with van der Waals surface area (Å²) in [5.74, 6) is 6.40. The van der Waals surface area contributed by atoms with Gasteiger partial charge >= 0.3 is 5.97 Å². The lowest BCUT2D eigenvalue weighted by Gasteiger charge is -2.27. The fraction of sp³-hybridized carbons (Fsp3) is 0.250. The molecule has 1 aliphatic heterocycles. The molecule has 0 saturated heterocycles. The largest absolute Gasteiger partial charge is 0.489 e. The van der Waals surface area contributed by atoms with Crippen LogP contribution in [0.15, 0.2) is 72.8 Å². The Morgan fingerprint density at radius 3 is 2.62 bits per heavy atom. The van der Waals surface area contributed by atoms with Crippen LogP contribution < -0.4 is 9.47 Å². The lowest BCUT2D eigenvalue weighted by atomic mass is 9.91. The van der Waals surface area contributed by atoms with Gasteiger partial charge < -0.3 is 14.6 Å². The summed E-state index contributed by atoms with van der Waals surface area (Å²) in [7, 11) is 0. The van der Waals surface area contributed by atoms with Crippen molar-refractivity contribution >= 4 is 5.97 Å². The molecule has 0 radical (unpaired) electrons. The number of carboxylic acid groups (broad SMARTS) is 1. The SMILES string of the molecule is CC#C[C@@H](CC(=O)O)c1ccc2c(c1)CCC(c1ccc(OCc3ccccc3)cc1)O2. The highest BCUT2D eigenvalue weighted by Crippen LogP contribution is 2.37. The van der Waals surface area contributed by atoms with Gasteiger partial charge in [0.05, 0.1) is 12.3 Å². The molecule has 3 aromatic rings. The third kappa shape index (κ3) is 5.31. The lowest BCUT2D eigenvalue weighted by molar-refractivity contribution is -0.137. The van der Waals surface area contributed by atoms with Crippen molar-refractivity contribution in [3.63, 3.8) is 0 Å². The molecule has 0 saturated carbocycles. The fourth-order valence-electron chi connectivity index (χ4n) is 3.98. The first-order valence-electron chi connectivity index (χ1n) is 10.8. The molecule has 1 N–H and O–H groups in total. The summed E-state index contributed by atoms with van der Waals surface area (Å²) in [6, 6.07) is 24.1. The smallest absolute Gasteiger partial charge is 0.304 e. The number of hydrogen-bond donors (Lipinski definition) is 1. The predicted molar refractivity (Wildman–Crippen MR) is 124 cm³/mol. The van der Waals surface area contributed by atoms with Crippen molar-refractivity contribution < 1.29 is 19.4 Å². The van der Waals surface area contributed by atoms with Crippen molar-refractivity contribution in [1.29, 1.82) is 0 Å². The highest BCUT2D eigenvalue weighted by Gasteiger charge is 2.23. The molecule has 0 aliphatic carbocycles. The Balaban J connectivity index is 1.41. The van der Waals surface area contributed by atoms with E-state index in [-0.39, 0.29) is 18.4 Å². The zero-order valence-electron chi connectivity index (χ0n) is 18.1. The summed E-state index contributed by atoms with van der Waals surface area (Å²) in [5, 5.41) is 9.18. The van der Waals surface area contributed by atoms with Crippen molar-refractivity contribution in [1.82, 2.24) is 0 Å². The second kappa shape index (κ2) is 10.1. The van der Waals surface area contributed by atoms with Crippen LogP contribution in [0.3, 0.4) is 0 Å². The van der Waals surface area contributed by atoms with Crippen LogP contribution in [0.2, 0.25) is 0 Å². The van der Waals surface area contributed by atoms with E-state index in [4.69, 9.17) is 9.47 Å².